The predicted molar refractivity (Wildman–Crippen MR) is 98.3 cm³/mol. The number of anilines is 3. The number of aryl methyl sites for hydroxylation is 2. The normalized spacial score (nSPS) is 10.7. The van der Waals surface area contributed by atoms with Crippen molar-refractivity contribution in [1.82, 2.24) is 29.3 Å². The lowest BCUT2D eigenvalue weighted by atomic mass is 10.4. The number of nitrogen functional groups attached to an aromatic ring is 1. The molecular weight excluding hydrogens is 334 g/mol. The predicted octanol–water partition coefficient (Wildman–Crippen LogP) is 0.617. The molecule has 3 heterocycles. The molecule has 134 valence electrons. The third kappa shape index (κ3) is 3.41. The molecule has 4 N–H and O–H groups in total. The summed E-state index contributed by atoms with van der Waals surface area (Å²) in [5.74, 6) is 3.38. The highest BCUT2D eigenvalue weighted by molar-refractivity contribution is 5.91. The quantitative estimate of drug-likeness (QED) is 0.554. The number of terminal acetylenes is 1. The molecule has 0 aliphatic rings. The van der Waals surface area contributed by atoms with Gasteiger partial charge < -0.3 is 20.9 Å². The number of rotatable bonds is 6. The number of nitrogens with two attached hydrogens (primary N) is 1. The van der Waals surface area contributed by atoms with Crippen LogP contribution in [0.25, 0.3) is 11.2 Å². The van der Waals surface area contributed by atoms with Crippen molar-refractivity contribution >= 4 is 34.7 Å². The number of carbonyl (C=O) groups excluding carboxylic acids is 1. The first kappa shape index (κ1) is 17.2. The van der Waals surface area contributed by atoms with Crippen molar-refractivity contribution in [1.29, 1.82) is 0 Å². The van der Waals surface area contributed by atoms with Gasteiger partial charge in [0.25, 0.3) is 0 Å². The summed E-state index contributed by atoms with van der Waals surface area (Å²) in [7, 11) is 0. The first-order valence-corrected chi connectivity index (χ1v) is 8.01. The molecule has 3 rings (SSSR count). The van der Waals surface area contributed by atoms with Crippen LogP contribution in [0.4, 0.5) is 17.6 Å². The molecule has 0 bridgehead atoms. The largest absolute Gasteiger partial charge is 0.368 e. The van der Waals surface area contributed by atoms with Crippen LogP contribution in [0.5, 0.6) is 0 Å². The van der Waals surface area contributed by atoms with E-state index in [4.69, 9.17) is 12.2 Å². The first-order chi connectivity index (χ1) is 12.5. The van der Waals surface area contributed by atoms with Crippen molar-refractivity contribution in [2.75, 3.05) is 22.9 Å². The van der Waals surface area contributed by atoms with Crippen LogP contribution in [-0.4, -0.2) is 41.8 Å². The van der Waals surface area contributed by atoms with E-state index in [1.165, 1.54) is 6.33 Å². The third-order valence-electron chi connectivity index (χ3n) is 3.62. The molecule has 10 heteroatoms. The fourth-order valence-electron chi connectivity index (χ4n) is 2.56. The van der Waals surface area contributed by atoms with E-state index >= 15 is 0 Å². The van der Waals surface area contributed by atoms with Gasteiger partial charge in [0.1, 0.15) is 12.4 Å². The summed E-state index contributed by atoms with van der Waals surface area (Å²) < 4.78 is 3.32. The van der Waals surface area contributed by atoms with Crippen LogP contribution in [0.3, 0.4) is 0 Å². The smallest absolute Gasteiger partial charge is 0.245 e. The Labute approximate surface area is 149 Å². The zero-order valence-corrected chi connectivity index (χ0v) is 14.5. The van der Waals surface area contributed by atoms with Gasteiger partial charge in [-0.3, -0.25) is 4.79 Å². The minimum atomic E-state index is -0.228. The van der Waals surface area contributed by atoms with E-state index in [0.29, 0.717) is 29.3 Å². The molecule has 0 radical (unpaired) electrons. The van der Waals surface area contributed by atoms with Crippen LogP contribution in [0, 0.1) is 19.3 Å². The molecule has 3 aromatic heterocycles. The van der Waals surface area contributed by atoms with Crippen LogP contribution in [0.2, 0.25) is 0 Å². The Morgan fingerprint density at radius 1 is 1.42 bits per heavy atom. The summed E-state index contributed by atoms with van der Waals surface area (Å²) in [5.41, 5.74) is 7.53. The molecule has 3 aromatic rings. The summed E-state index contributed by atoms with van der Waals surface area (Å²) >= 11 is 0. The molecule has 26 heavy (non-hydrogen) atoms. The number of carbonyl (C=O) groups is 1. The molecule has 0 atom stereocenters. The molecule has 0 saturated heterocycles. The number of hydrogen-bond acceptors (Lipinski definition) is 7. The Morgan fingerprint density at radius 2 is 2.23 bits per heavy atom. The molecule has 0 spiro atoms. The zero-order valence-electron chi connectivity index (χ0n) is 14.5. The maximum Gasteiger partial charge on any atom is 0.245 e. The second kappa shape index (κ2) is 7.10. The number of nitrogens with one attached hydrogen (secondary N) is 2. The van der Waals surface area contributed by atoms with E-state index < -0.39 is 0 Å². The highest BCUT2D eigenvalue weighted by Crippen LogP contribution is 2.19. The Kier molecular flexibility index (Phi) is 4.70. The third-order valence-corrected chi connectivity index (χ3v) is 3.62. The Balaban J connectivity index is 1.83. The van der Waals surface area contributed by atoms with Crippen LogP contribution in [-0.2, 0) is 17.9 Å². The topological polar surface area (TPSA) is 129 Å². The minimum absolute atomic E-state index is 0.0233. The fourth-order valence-corrected chi connectivity index (χ4v) is 2.56. The van der Waals surface area contributed by atoms with Gasteiger partial charge in [0.05, 0.1) is 18.6 Å². The summed E-state index contributed by atoms with van der Waals surface area (Å²) in [6.07, 6.45) is 6.77. The van der Waals surface area contributed by atoms with Gasteiger partial charge in [0.15, 0.2) is 17.0 Å². The Morgan fingerprint density at radius 3 is 2.96 bits per heavy atom. The standard InChI is InChI=1S/C16H19N9O/c1-4-6-18-14-13-15(22-16(17)21-14)24(9-19-13)8-12(26)20-11-7-10(3)23-25(11)5-2/h1,7,9H,5-6,8H2,2-3H3,(H,20,26)(H3,17,18,21,22). The maximum atomic E-state index is 12.4. The first-order valence-electron chi connectivity index (χ1n) is 8.01. The van der Waals surface area contributed by atoms with E-state index in [1.807, 2.05) is 19.9 Å². The minimum Gasteiger partial charge on any atom is -0.368 e. The van der Waals surface area contributed by atoms with E-state index in [1.54, 1.807) is 9.25 Å². The molecule has 1 amide bonds. The van der Waals surface area contributed by atoms with Gasteiger partial charge in [-0.05, 0) is 13.8 Å². The van der Waals surface area contributed by atoms with Crippen LogP contribution in [0.15, 0.2) is 12.4 Å². The second-order valence-corrected chi connectivity index (χ2v) is 5.57. The zero-order chi connectivity index (χ0) is 18.7. The van der Waals surface area contributed by atoms with Crippen LogP contribution in [0.1, 0.15) is 12.6 Å². The molecule has 0 saturated carbocycles. The molecule has 0 aliphatic heterocycles. The Hall–Kier alpha value is -3.61. The fraction of sp³-hybridized carbons (Fsp3) is 0.312. The highest BCUT2D eigenvalue weighted by Gasteiger charge is 2.15. The van der Waals surface area contributed by atoms with Crippen LogP contribution < -0.4 is 16.4 Å². The van der Waals surface area contributed by atoms with Crippen molar-refractivity contribution in [3.05, 3.63) is 18.1 Å². The van der Waals surface area contributed by atoms with Crippen molar-refractivity contribution in [2.45, 2.75) is 26.9 Å². The van der Waals surface area contributed by atoms with Gasteiger partial charge >= 0.3 is 0 Å². The lowest BCUT2D eigenvalue weighted by Gasteiger charge is -2.08. The molecule has 0 unspecified atom stereocenters. The molecule has 0 aliphatic carbocycles. The van der Waals surface area contributed by atoms with E-state index in [-0.39, 0.29) is 24.9 Å². The highest BCUT2D eigenvalue weighted by atomic mass is 16.2. The average Bonchev–Trinajstić information content (AvgIpc) is 3.15. The number of hydrogen-bond donors (Lipinski definition) is 3. The molecule has 0 aromatic carbocycles. The van der Waals surface area contributed by atoms with Crippen molar-refractivity contribution in [3.63, 3.8) is 0 Å². The van der Waals surface area contributed by atoms with E-state index in [0.717, 1.165) is 5.69 Å². The lowest BCUT2D eigenvalue weighted by Crippen LogP contribution is -2.20. The number of nitrogens with zero attached hydrogens (tertiary/aromatic N) is 6. The summed E-state index contributed by atoms with van der Waals surface area (Å²) in [4.78, 5) is 25.0. The number of aromatic nitrogens is 6. The monoisotopic (exact) mass is 353 g/mol. The van der Waals surface area contributed by atoms with Gasteiger partial charge in [-0.1, -0.05) is 5.92 Å². The average molecular weight is 353 g/mol. The number of fused-ring (bicyclic) bond motifs is 1. The van der Waals surface area contributed by atoms with Crippen molar-refractivity contribution in [2.24, 2.45) is 0 Å². The van der Waals surface area contributed by atoms with Crippen molar-refractivity contribution in [3.8, 4) is 12.3 Å². The summed E-state index contributed by atoms with van der Waals surface area (Å²) in [6.45, 7) is 4.78. The van der Waals surface area contributed by atoms with Gasteiger partial charge in [0.2, 0.25) is 11.9 Å². The van der Waals surface area contributed by atoms with Gasteiger partial charge in [-0.2, -0.15) is 15.1 Å². The van der Waals surface area contributed by atoms with Gasteiger partial charge in [-0.15, -0.1) is 6.42 Å². The summed E-state index contributed by atoms with van der Waals surface area (Å²) in [6, 6.07) is 1.81. The lowest BCUT2D eigenvalue weighted by molar-refractivity contribution is -0.116. The van der Waals surface area contributed by atoms with Gasteiger partial charge in [0, 0.05) is 12.6 Å². The van der Waals surface area contributed by atoms with Crippen molar-refractivity contribution < 1.29 is 4.79 Å². The van der Waals surface area contributed by atoms with Crippen LogP contribution >= 0.6 is 0 Å². The van der Waals surface area contributed by atoms with E-state index in [9.17, 15) is 4.79 Å². The Bertz CT molecular complexity index is 995. The maximum absolute atomic E-state index is 12.4. The SMILES string of the molecule is C#CCNc1nc(N)nc2c1ncn2CC(=O)Nc1cc(C)nn1CC. The molecule has 0 fully saturated rings. The summed E-state index contributed by atoms with van der Waals surface area (Å²) in [5, 5.41) is 10.1. The van der Waals surface area contributed by atoms with Gasteiger partial charge in [-0.25, -0.2) is 9.67 Å². The number of imidazole rings is 1. The van der Waals surface area contributed by atoms with E-state index in [2.05, 4.69) is 36.6 Å². The second-order valence-electron chi connectivity index (χ2n) is 5.57. The number of amides is 1. The molecule has 10 nitrogen and oxygen atoms in total. The molecular formula is C16H19N9O.